The topological polar surface area (TPSA) is 52.3 Å². The summed E-state index contributed by atoms with van der Waals surface area (Å²) in [6, 6.07) is -0.355. The van der Waals surface area contributed by atoms with Crippen molar-refractivity contribution in [3.05, 3.63) is 12.7 Å². The molecule has 0 aromatic rings. The zero-order valence-corrected chi connectivity index (χ0v) is 9.28. The minimum Gasteiger partial charge on any atom is -0.378 e. The predicted octanol–water partition coefficient (Wildman–Crippen LogP) is 1.81. The van der Waals surface area contributed by atoms with Gasteiger partial charge >= 0.3 is 0 Å². The first kappa shape index (κ1) is 12.4. The van der Waals surface area contributed by atoms with Gasteiger partial charge in [-0.2, -0.15) is 0 Å². The highest BCUT2D eigenvalue weighted by molar-refractivity contribution is 5.83. The summed E-state index contributed by atoms with van der Waals surface area (Å²) in [7, 11) is 0. The van der Waals surface area contributed by atoms with E-state index in [-0.39, 0.29) is 11.8 Å². The molecule has 0 saturated carbocycles. The number of carbonyl (C=O) groups excluding carboxylic acids is 1. The normalized spacial score (nSPS) is 22.6. The van der Waals surface area contributed by atoms with Gasteiger partial charge in [0.05, 0.1) is 12.1 Å². The smallest absolute Gasteiger partial charge is 0.149 e. The van der Waals surface area contributed by atoms with Gasteiger partial charge in [0, 0.05) is 13.0 Å². The van der Waals surface area contributed by atoms with Gasteiger partial charge in [-0.15, -0.1) is 6.58 Å². The van der Waals surface area contributed by atoms with Crippen LogP contribution in [0.4, 0.5) is 0 Å². The fraction of sp³-hybridized carbons (Fsp3) is 0.750. The highest BCUT2D eigenvalue weighted by atomic mass is 16.5. The number of ether oxygens (including phenoxy) is 1. The molecule has 0 radical (unpaired) electrons. The lowest BCUT2D eigenvalue weighted by Crippen LogP contribution is -2.29. The summed E-state index contributed by atoms with van der Waals surface area (Å²) in [5.41, 5.74) is 5.67. The van der Waals surface area contributed by atoms with Crippen molar-refractivity contribution in [2.75, 3.05) is 6.61 Å². The number of hydrogen-bond acceptors (Lipinski definition) is 3. The van der Waals surface area contributed by atoms with E-state index in [9.17, 15) is 4.79 Å². The van der Waals surface area contributed by atoms with Crippen molar-refractivity contribution < 1.29 is 9.53 Å². The minimum absolute atomic E-state index is 0.146. The monoisotopic (exact) mass is 211 g/mol. The van der Waals surface area contributed by atoms with Crippen molar-refractivity contribution in [2.24, 2.45) is 5.73 Å². The first-order valence-corrected chi connectivity index (χ1v) is 5.75. The van der Waals surface area contributed by atoms with Gasteiger partial charge in [-0.25, -0.2) is 0 Å². The summed E-state index contributed by atoms with van der Waals surface area (Å²) in [6.45, 7) is 4.46. The molecule has 1 rings (SSSR count). The Hall–Kier alpha value is -0.670. The summed E-state index contributed by atoms with van der Waals surface area (Å²) >= 11 is 0. The summed E-state index contributed by atoms with van der Waals surface area (Å²) in [4.78, 5) is 11.5. The minimum atomic E-state index is -0.355. The number of rotatable bonds is 7. The van der Waals surface area contributed by atoms with Gasteiger partial charge in [0.2, 0.25) is 0 Å². The van der Waals surface area contributed by atoms with E-state index in [1.54, 1.807) is 6.08 Å². The molecular weight excluding hydrogens is 190 g/mol. The second-order valence-electron chi connectivity index (χ2n) is 4.12. The van der Waals surface area contributed by atoms with Crippen LogP contribution in [0.15, 0.2) is 12.7 Å². The molecule has 3 heteroatoms. The van der Waals surface area contributed by atoms with Gasteiger partial charge in [-0.05, 0) is 32.1 Å². The molecule has 0 amide bonds. The van der Waals surface area contributed by atoms with Gasteiger partial charge in [0.25, 0.3) is 0 Å². The maximum atomic E-state index is 11.5. The van der Waals surface area contributed by atoms with Crippen molar-refractivity contribution in [1.29, 1.82) is 0 Å². The van der Waals surface area contributed by atoms with Crippen LogP contribution < -0.4 is 5.73 Å². The molecule has 86 valence electrons. The van der Waals surface area contributed by atoms with Crippen LogP contribution in [-0.2, 0) is 9.53 Å². The zero-order valence-electron chi connectivity index (χ0n) is 9.28. The Kier molecular flexibility index (Phi) is 5.58. The third-order valence-corrected chi connectivity index (χ3v) is 2.81. The average molecular weight is 211 g/mol. The van der Waals surface area contributed by atoms with Crippen molar-refractivity contribution in [3.8, 4) is 0 Å². The highest BCUT2D eigenvalue weighted by Gasteiger charge is 2.16. The van der Waals surface area contributed by atoms with Crippen LogP contribution in [0.5, 0.6) is 0 Å². The molecule has 1 fully saturated rings. The number of nitrogens with two attached hydrogens (primary N) is 1. The predicted molar refractivity (Wildman–Crippen MR) is 60.6 cm³/mol. The molecule has 15 heavy (non-hydrogen) atoms. The molecule has 0 aliphatic carbocycles. The molecule has 1 heterocycles. The lowest BCUT2D eigenvalue weighted by atomic mass is 10.0. The quantitative estimate of drug-likeness (QED) is 0.653. The van der Waals surface area contributed by atoms with Gasteiger partial charge in [0.15, 0.2) is 0 Å². The fourth-order valence-corrected chi connectivity index (χ4v) is 1.87. The van der Waals surface area contributed by atoms with Crippen molar-refractivity contribution in [1.82, 2.24) is 0 Å². The van der Waals surface area contributed by atoms with Gasteiger partial charge in [-0.1, -0.05) is 6.08 Å². The number of carbonyl (C=O) groups is 1. The van der Waals surface area contributed by atoms with Crippen LogP contribution in [0.2, 0.25) is 0 Å². The van der Waals surface area contributed by atoms with Crippen LogP contribution in [-0.4, -0.2) is 24.5 Å². The van der Waals surface area contributed by atoms with E-state index in [1.807, 2.05) is 0 Å². The summed E-state index contributed by atoms with van der Waals surface area (Å²) in [5.74, 6) is 0.146. The molecule has 1 aliphatic rings. The van der Waals surface area contributed by atoms with Gasteiger partial charge in [0.1, 0.15) is 5.78 Å². The van der Waals surface area contributed by atoms with Crippen LogP contribution in [0.3, 0.4) is 0 Å². The standard InChI is InChI=1S/C12H21NO2/c1-2-5-11(13)12(14)8-3-6-10-7-4-9-15-10/h2,10-11H,1,3-9,13H2. The molecule has 0 spiro atoms. The zero-order chi connectivity index (χ0) is 11.1. The number of Topliss-reactive ketones (excluding diaryl/α,β-unsaturated/α-hetero) is 1. The first-order chi connectivity index (χ1) is 7.24. The van der Waals surface area contributed by atoms with E-state index in [1.165, 1.54) is 0 Å². The third kappa shape index (κ3) is 4.58. The Balaban J connectivity index is 2.07. The molecule has 0 aromatic heterocycles. The lowest BCUT2D eigenvalue weighted by Gasteiger charge is -2.10. The molecule has 0 aromatic carbocycles. The SMILES string of the molecule is C=CCC(N)C(=O)CCCC1CCCO1. The fourth-order valence-electron chi connectivity index (χ4n) is 1.87. The second kappa shape index (κ2) is 6.75. The number of hydrogen-bond donors (Lipinski definition) is 1. The molecule has 2 atom stereocenters. The van der Waals surface area contributed by atoms with E-state index in [0.717, 1.165) is 32.3 Å². The van der Waals surface area contributed by atoms with Gasteiger partial charge < -0.3 is 10.5 Å². The van der Waals surface area contributed by atoms with Crippen molar-refractivity contribution in [3.63, 3.8) is 0 Å². The molecule has 2 N–H and O–H groups in total. The maximum Gasteiger partial charge on any atom is 0.149 e. The van der Waals surface area contributed by atoms with Crippen LogP contribution in [0.1, 0.15) is 38.5 Å². The Morgan fingerprint density at radius 1 is 1.67 bits per heavy atom. The maximum absolute atomic E-state index is 11.5. The van der Waals surface area contributed by atoms with E-state index < -0.39 is 0 Å². The molecule has 1 aliphatic heterocycles. The first-order valence-electron chi connectivity index (χ1n) is 5.75. The summed E-state index contributed by atoms with van der Waals surface area (Å²) < 4.78 is 5.48. The Labute approximate surface area is 91.7 Å². The molecule has 0 bridgehead atoms. The molecular formula is C12H21NO2. The van der Waals surface area contributed by atoms with Crippen LogP contribution in [0.25, 0.3) is 0 Å². The molecule has 1 saturated heterocycles. The summed E-state index contributed by atoms with van der Waals surface area (Å²) in [5, 5.41) is 0. The Morgan fingerprint density at radius 3 is 3.07 bits per heavy atom. The van der Waals surface area contributed by atoms with Crippen LogP contribution >= 0.6 is 0 Å². The largest absolute Gasteiger partial charge is 0.378 e. The van der Waals surface area contributed by atoms with E-state index in [0.29, 0.717) is 18.9 Å². The Morgan fingerprint density at radius 2 is 2.47 bits per heavy atom. The average Bonchev–Trinajstić information content (AvgIpc) is 2.71. The Bertz CT molecular complexity index is 210. The summed E-state index contributed by atoms with van der Waals surface area (Å²) in [6.07, 6.45) is 7.44. The highest BCUT2D eigenvalue weighted by Crippen LogP contribution is 2.17. The second-order valence-corrected chi connectivity index (χ2v) is 4.12. The van der Waals surface area contributed by atoms with E-state index in [2.05, 4.69) is 6.58 Å². The van der Waals surface area contributed by atoms with Crippen molar-refractivity contribution >= 4 is 5.78 Å². The molecule has 3 nitrogen and oxygen atoms in total. The number of ketones is 1. The lowest BCUT2D eigenvalue weighted by molar-refractivity contribution is -0.120. The van der Waals surface area contributed by atoms with Crippen molar-refractivity contribution in [2.45, 2.75) is 50.7 Å². The van der Waals surface area contributed by atoms with Crippen LogP contribution in [0, 0.1) is 0 Å². The third-order valence-electron chi connectivity index (χ3n) is 2.81. The van der Waals surface area contributed by atoms with E-state index in [4.69, 9.17) is 10.5 Å². The van der Waals surface area contributed by atoms with E-state index >= 15 is 0 Å². The molecule has 2 unspecified atom stereocenters. The van der Waals surface area contributed by atoms with Gasteiger partial charge in [-0.3, -0.25) is 4.79 Å².